The van der Waals surface area contributed by atoms with Crippen LogP contribution in [-0.2, 0) is 6.54 Å². The number of aromatic nitrogens is 2. The zero-order valence-electron chi connectivity index (χ0n) is 18.5. The van der Waals surface area contributed by atoms with Gasteiger partial charge in [0.15, 0.2) is 0 Å². The highest BCUT2D eigenvalue weighted by Gasteiger charge is 2.25. The molecule has 1 heterocycles. The summed E-state index contributed by atoms with van der Waals surface area (Å²) in [5, 5.41) is 19.4. The van der Waals surface area contributed by atoms with E-state index in [1.165, 1.54) is 22.7 Å². The topological polar surface area (TPSA) is 102 Å². The normalized spacial score (nSPS) is 11.8. The number of carbonyl (C=O) groups excluding carboxylic acids is 1. The summed E-state index contributed by atoms with van der Waals surface area (Å²) in [6, 6.07) is 15.7. The first-order valence-electron chi connectivity index (χ1n) is 10.3. The van der Waals surface area contributed by atoms with Crippen molar-refractivity contribution in [2.24, 2.45) is 5.10 Å². The van der Waals surface area contributed by atoms with Gasteiger partial charge in [-0.2, -0.15) is 10.2 Å². The number of hydrogen-bond acceptors (Lipinski definition) is 5. The van der Waals surface area contributed by atoms with Crippen LogP contribution in [0.25, 0.3) is 6.08 Å². The molecule has 0 aliphatic heterocycles. The number of allylic oxidation sites excluding steroid dienone is 1. The van der Waals surface area contributed by atoms with E-state index in [9.17, 15) is 14.9 Å². The second-order valence-electron chi connectivity index (χ2n) is 7.86. The number of amides is 1. The van der Waals surface area contributed by atoms with Crippen molar-refractivity contribution in [3.8, 4) is 0 Å². The van der Waals surface area contributed by atoms with E-state index in [1.54, 1.807) is 0 Å². The minimum atomic E-state index is -0.750. The maximum absolute atomic E-state index is 12.5. The van der Waals surface area contributed by atoms with Gasteiger partial charge in [-0.15, -0.1) is 0 Å². The quantitative estimate of drug-likeness (QED) is 0.244. The van der Waals surface area contributed by atoms with Crippen LogP contribution in [0, 0.1) is 10.1 Å². The summed E-state index contributed by atoms with van der Waals surface area (Å²) in [6.45, 7) is 6.41. The lowest BCUT2D eigenvalue weighted by atomic mass is 10.0. The fourth-order valence-electron chi connectivity index (χ4n) is 3.13. The Morgan fingerprint density at radius 3 is 2.64 bits per heavy atom. The molecule has 170 valence electrons. The van der Waals surface area contributed by atoms with Gasteiger partial charge < -0.3 is 0 Å². The van der Waals surface area contributed by atoms with Crippen LogP contribution in [0.2, 0.25) is 0 Å². The van der Waals surface area contributed by atoms with Gasteiger partial charge in [0.2, 0.25) is 5.69 Å². The number of rotatable bonds is 8. The lowest BCUT2D eigenvalue weighted by molar-refractivity contribution is -0.385. The lowest BCUT2D eigenvalue weighted by Gasteiger charge is -2.05. The molecule has 0 saturated carbocycles. The van der Waals surface area contributed by atoms with Crippen LogP contribution in [0.4, 0.5) is 5.69 Å². The average Bonchev–Trinajstić information content (AvgIpc) is 3.18. The largest absolute Gasteiger partial charge is 0.320 e. The number of hydrogen-bond donors (Lipinski definition) is 1. The van der Waals surface area contributed by atoms with Gasteiger partial charge in [-0.1, -0.05) is 72.3 Å². The number of carbonyl (C=O) groups is 1. The van der Waals surface area contributed by atoms with Crippen LogP contribution in [0.3, 0.4) is 0 Å². The van der Waals surface area contributed by atoms with Gasteiger partial charge in [0, 0.05) is 4.47 Å². The highest BCUT2D eigenvalue weighted by molar-refractivity contribution is 9.10. The molecule has 3 aromatic rings. The van der Waals surface area contributed by atoms with Gasteiger partial charge in [-0.3, -0.25) is 19.6 Å². The maximum atomic E-state index is 12.5. The summed E-state index contributed by atoms with van der Waals surface area (Å²) in [4.78, 5) is 23.3. The highest BCUT2D eigenvalue weighted by Crippen LogP contribution is 2.19. The number of nitro groups is 1. The van der Waals surface area contributed by atoms with E-state index in [1.807, 2.05) is 49.4 Å². The molecule has 2 aromatic carbocycles. The van der Waals surface area contributed by atoms with E-state index >= 15 is 0 Å². The molecule has 0 radical (unpaired) electrons. The molecule has 0 aliphatic rings. The van der Waals surface area contributed by atoms with Gasteiger partial charge in [0.25, 0.3) is 5.91 Å². The Bertz CT molecular complexity index is 1210. The number of benzene rings is 2. The minimum absolute atomic E-state index is 0.286. The Labute approximate surface area is 200 Å². The van der Waals surface area contributed by atoms with Crippen LogP contribution < -0.4 is 5.43 Å². The third-order valence-corrected chi connectivity index (χ3v) is 5.31. The summed E-state index contributed by atoms with van der Waals surface area (Å²) in [5.74, 6) is -0.289. The highest BCUT2D eigenvalue weighted by atomic mass is 79.9. The van der Waals surface area contributed by atoms with Gasteiger partial charge in [0.1, 0.15) is 6.20 Å². The van der Waals surface area contributed by atoms with Crippen molar-refractivity contribution in [3.63, 3.8) is 0 Å². The monoisotopic (exact) mass is 509 g/mol. The van der Waals surface area contributed by atoms with E-state index < -0.39 is 10.8 Å². The van der Waals surface area contributed by atoms with Crippen LogP contribution in [0.1, 0.15) is 53.9 Å². The Hall–Kier alpha value is -3.59. The molecular weight excluding hydrogens is 486 g/mol. The Morgan fingerprint density at radius 1 is 1.27 bits per heavy atom. The van der Waals surface area contributed by atoms with Crippen molar-refractivity contribution in [1.29, 1.82) is 0 Å². The molecule has 0 aliphatic carbocycles. The lowest BCUT2D eigenvalue weighted by Crippen LogP contribution is -2.19. The Kier molecular flexibility index (Phi) is 7.89. The van der Waals surface area contributed by atoms with Crippen LogP contribution in [0.15, 0.2) is 69.9 Å². The molecule has 3 rings (SSSR count). The number of hydrazone groups is 1. The molecule has 0 saturated heterocycles. The molecule has 0 spiro atoms. The van der Waals surface area contributed by atoms with Gasteiger partial charge in [-0.25, -0.2) is 5.43 Å². The van der Waals surface area contributed by atoms with Crippen molar-refractivity contribution >= 4 is 39.8 Å². The third-order valence-electron chi connectivity index (χ3n) is 4.82. The van der Waals surface area contributed by atoms with Crippen molar-refractivity contribution in [1.82, 2.24) is 15.2 Å². The molecule has 0 atom stereocenters. The predicted molar refractivity (Wildman–Crippen MR) is 132 cm³/mol. The third kappa shape index (κ3) is 6.69. The van der Waals surface area contributed by atoms with Gasteiger partial charge in [0.05, 0.1) is 17.7 Å². The Morgan fingerprint density at radius 2 is 2.00 bits per heavy atom. The summed E-state index contributed by atoms with van der Waals surface area (Å²) in [7, 11) is 0. The average molecular weight is 510 g/mol. The molecule has 8 nitrogen and oxygen atoms in total. The van der Waals surface area contributed by atoms with Crippen molar-refractivity contribution < 1.29 is 9.72 Å². The van der Waals surface area contributed by atoms with Crippen LogP contribution in [-0.4, -0.2) is 26.8 Å². The second-order valence-corrected chi connectivity index (χ2v) is 8.77. The number of nitrogens with one attached hydrogen (secondary N) is 1. The molecule has 0 unspecified atom stereocenters. The molecule has 1 N–H and O–H groups in total. The van der Waals surface area contributed by atoms with Crippen molar-refractivity contribution in [3.05, 3.63) is 97.3 Å². The van der Waals surface area contributed by atoms with Crippen LogP contribution in [0.5, 0.6) is 0 Å². The molecule has 1 amide bonds. The fraction of sp³-hybridized carbons (Fsp3) is 0.208. The van der Waals surface area contributed by atoms with E-state index in [2.05, 4.69) is 57.5 Å². The first-order chi connectivity index (χ1) is 15.7. The first kappa shape index (κ1) is 24.1. The van der Waals surface area contributed by atoms with E-state index in [4.69, 9.17) is 0 Å². The molecule has 0 bridgehead atoms. The van der Waals surface area contributed by atoms with Crippen LogP contribution >= 0.6 is 15.9 Å². The standard InChI is InChI=1S/C24H24BrN5O3/c1-16(2)20-9-7-18(8-10-20)11-17(3)13-26-27-24(31)23-22(30(32)33)15-29(28-23)14-19-5-4-6-21(25)12-19/h4-13,15-16H,14H2,1-3H3,(H,27,31). The van der Waals surface area contributed by atoms with E-state index in [0.717, 1.165) is 21.2 Å². The minimum Gasteiger partial charge on any atom is -0.265 e. The number of halogens is 1. The maximum Gasteiger partial charge on any atom is 0.320 e. The van der Waals surface area contributed by atoms with Crippen molar-refractivity contribution in [2.45, 2.75) is 33.2 Å². The SMILES string of the molecule is CC(C=NNC(=O)c1nn(Cc2cccc(Br)c2)cc1[N+](=O)[O-])=Cc1ccc(C(C)C)cc1. The van der Waals surface area contributed by atoms with Gasteiger partial charge in [-0.05, 0) is 47.2 Å². The molecule has 1 aromatic heterocycles. The zero-order valence-corrected chi connectivity index (χ0v) is 20.1. The van der Waals surface area contributed by atoms with Gasteiger partial charge >= 0.3 is 5.69 Å². The second kappa shape index (κ2) is 10.8. The van der Waals surface area contributed by atoms with E-state index in [0.29, 0.717) is 5.92 Å². The molecule has 33 heavy (non-hydrogen) atoms. The summed E-state index contributed by atoms with van der Waals surface area (Å²) >= 11 is 3.39. The first-order valence-corrected chi connectivity index (χ1v) is 11.1. The molecule has 0 fully saturated rings. The summed E-state index contributed by atoms with van der Waals surface area (Å²) in [6.07, 6.45) is 4.65. The predicted octanol–water partition coefficient (Wildman–Crippen LogP) is 5.54. The summed E-state index contributed by atoms with van der Waals surface area (Å²) in [5.41, 5.74) is 5.61. The summed E-state index contributed by atoms with van der Waals surface area (Å²) < 4.78 is 2.25. The molecule has 9 heteroatoms. The molecular formula is C24H24BrN5O3. The zero-order chi connectivity index (χ0) is 24.0. The fourth-order valence-corrected chi connectivity index (χ4v) is 3.58. The smallest absolute Gasteiger partial charge is 0.265 e. The number of nitrogens with zero attached hydrogens (tertiary/aromatic N) is 4. The Balaban J connectivity index is 1.69. The van der Waals surface area contributed by atoms with E-state index in [-0.39, 0.29) is 17.9 Å². The van der Waals surface area contributed by atoms with Crippen molar-refractivity contribution in [2.75, 3.05) is 0 Å².